The summed E-state index contributed by atoms with van der Waals surface area (Å²) >= 11 is 0. The van der Waals surface area contributed by atoms with Gasteiger partial charge in [0.05, 0.1) is 12.9 Å². The predicted octanol–water partition coefficient (Wildman–Crippen LogP) is 1.93. The van der Waals surface area contributed by atoms with Gasteiger partial charge in [0.25, 0.3) is 0 Å². The standard InChI is InChI=1S/C24H33N3O4S/c1-31-23-10-7-22(8-11-23)9-12-24(28)25-14-20-32(29,30)27-18-16-26(17-19-27)15-13-21-5-3-2-4-6-21/h2-8,10-11H,9,12-20H2,1H3,(H,25,28). The maximum Gasteiger partial charge on any atom is 0.220 e. The van der Waals surface area contributed by atoms with Gasteiger partial charge in [-0.3, -0.25) is 4.79 Å². The Bertz CT molecular complexity index is 941. The van der Waals surface area contributed by atoms with Crippen molar-refractivity contribution in [2.24, 2.45) is 0 Å². The molecule has 1 heterocycles. The lowest BCUT2D eigenvalue weighted by Gasteiger charge is -2.34. The smallest absolute Gasteiger partial charge is 0.220 e. The van der Waals surface area contributed by atoms with Gasteiger partial charge in [-0.05, 0) is 36.1 Å². The number of carbonyl (C=O) groups is 1. The summed E-state index contributed by atoms with van der Waals surface area (Å²) in [7, 11) is -1.75. The summed E-state index contributed by atoms with van der Waals surface area (Å²) in [6.07, 6.45) is 1.90. The van der Waals surface area contributed by atoms with Gasteiger partial charge < -0.3 is 15.0 Å². The molecule has 0 aliphatic carbocycles. The SMILES string of the molecule is COc1ccc(CCC(=O)NCCS(=O)(=O)N2CCN(CCc3ccccc3)CC2)cc1. The van der Waals surface area contributed by atoms with Crippen molar-refractivity contribution in [1.29, 1.82) is 0 Å². The summed E-state index contributed by atoms with van der Waals surface area (Å²) in [5.74, 6) is 0.577. The highest BCUT2D eigenvalue weighted by atomic mass is 32.2. The first-order valence-electron chi connectivity index (χ1n) is 11.1. The molecule has 32 heavy (non-hydrogen) atoms. The van der Waals surface area contributed by atoms with Crippen molar-refractivity contribution in [3.63, 3.8) is 0 Å². The fourth-order valence-electron chi connectivity index (χ4n) is 3.75. The minimum atomic E-state index is -3.37. The van der Waals surface area contributed by atoms with Crippen LogP contribution in [0.5, 0.6) is 5.75 Å². The van der Waals surface area contributed by atoms with Gasteiger partial charge in [0.2, 0.25) is 15.9 Å². The van der Waals surface area contributed by atoms with Gasteiger partial charge in [-0.25, -0.2) is 8.42 Å². The maximum absolute atomic E-state index is 12.6. The van der Waals surface area contributed by atoms with Crippen molar-refractivity contribution in [2.75, 3.05) is 52.1 Å². The highest BCUT2D eigenvalue weighted by Gasteiger charge is 2.26. The number of aryl methyl sites for hydroxylation is 1. The minimum absolute atomic E-state index is 0.0642. The van der Waals surface area contributed by atoms with E-state index in [9.17, 15) is 13.2 Å². The van der Waals surface area contributed by atoms with Crippen molar-refractivity contribution >= 4 is 15.9 Å². The van der Waals surface area contributed by atoms with Crippen LogP contribution >= 0.6 is 0 Å². The number of piperazine rings is 1. The number of nitrogens with one attached hydrogen (secondary N) is 1. The molecule has 0 spiro atoms. The van der Waals surface area contributed by atoms with Crippen LogP contribution in [0, 0.1) is 0 Å². The first-order valence-corrected chi connectivity index (χ1v) is 12.7. The molecule has 1 N–H and O–H groups in total. The number of ether oxygens (including phenoxy) is 1. The van der Waals surface area contributed by atoms with Gasteiger partial charge in [-0.2, -0.15) is 4.31 Å². The number of rotatable bonds is 11. The Morgan fingerprint density at radius 1 is 0.938 bits per heavy atom. The van der Waals surface area contributed by atoms with E-state index in [2.05, 4.69) is 22.3 Å². The third-order valence-corrected chi connectivity index (χ3v) is 7.64. The molecule has 7 nitrogen and oxygen atoms in total. The first kappa shape index (κ1) is 24.2. The first-order chi connectivity index (χ1) is 15.5. The van der Waals surface area contributed by atoms with Gasteiger partial charge in [-0.1, -0.05) is 42.5 Å². The molecular weight excluding hydrogens is 426 g/mol. The number of nitrogens with zero attached hydrogens (tertiary/aromatic N) is 2. The molecule has 1 saturated heterocycles. The molecule has 1 amide bonds. The van der Waals surface area contributed by atoms with Crippen LogP contribution in [0.3, 0.4) is 0 Å². The topological polar surface area (TPSA) is 78.9 Å². The minimum Gasteiger partial charge on any atom is -0.497 e. The zero-order chi connectivity index (χ0) is 22.8. The number of amides is 1. The summed E-state index contributed by atoms with van der Waals surface area (Å²) < 4.78 is 31.9. The molecule has 8 heteroatoms. The number of methoxy groups -OCH3 is 1. The molecule has 3 rings (SSSR count). The third-order valence-electron chi connectivity index (χ3n) is 5.77. The average Bonchev–Trinajstić information content (AvgIpc) is 2.82. The lowest BCUT2D eigenvalue weighted by atomic mass is 10.1. The predicted molar refractivity (Wildman–Crippen MR) is 126 cm³/mol. The molecule has 0 atom stereocenters. The van der Waals surface area contributed by atoms with Crippen molar-refractivity contribution in [3.8, 4) is 5.75 Å². The Hall–Kier alpha value is -2.42. The molecule has 1 aliphatic heterocycles. The van der Waals surface area contributed by atoms with Gasteiger partial charge in [0.15, 0.2) is 0 Å². The molecule has 1 fully saturated rings. The number of benzene rings is 2. The second-order valence-corrected chi connectivity index (χ2v) is 10.1. The Morgan fingerprint density at radius 3 is 2.25 bits per heavy atom. The Morgan fingerprint density at radius 2 is 1.59 bits per heavy atom. The van der Waals surface area contributed by atoms with E-state index < -0.39 is 10.0 Å². The van der Waals surface area contributed by atoms with Crippen LogP contribution in [0.2, 0.25) is 0 Å². The van der Waals surface area contributed by atoms with E-state index in [1.54, 1.807) is 11.4 Å². The fourth-order valence-corrected chi connectivity index (χ4v) is 5.09. The molecule has 0 radical (unpaired) electrons. The van der Waals surface area contributed by atoms with E-state index in [4.69, 9.17) is 4.74 Å². The number of hydrogen-bond acceptors (Lipinski definition) is 5. The largest absolute Gasteiger partial charge is 0.497 e. The normalized spacial score (nSPS) is 15.4. The van der Waals surface area contributed by atoms with Crippen LogP contribution in [0.1, 0.15) is 17.5 Å². The van der Waals surface area contributed by atoms with Crippen LogP contribution in [-0.2, 0) is 27.7 Å². The van der Waals surface area contributed by atoms with E-state index in [1.165, 1.54) is 5.56 Å². The highest BCUT2D eigenvalue weighted by Crippen LogP contribution is 2.13. The van der Waals surface area contributed by atoms with Crippen LogP contribution < -0.4 is 10.1 Å². The average molecular weight is 460 g/mol. The summed E-state index contributed by atoms with van der Waals surface area (Å²) in [4.78, 5) is 14.4. The Kier molecular flexibility index (Phi) is 9.08. The second kappa shape index (κ2) is 12.0. The summed E-state index contributed by atoms with van der Waals surface area (Å²) in [6.45, 7) is 3.55. The van der Waals surface area contributed by atoms with E-state index in [1.807, 2.05) is 42.5 Å². The number of sulfonamides is 1. The molecule has 1 aliphatic rings. The van der Waals surface area contributed by atoms with Crippen LogP contribution in [0.25, 0.3) is 0 Å². The van der Waals surface area contributed by atoms with Crippen molar-refractivity contribution < 1.29 is 17.9 Å². The molecule has 0 bridgehead atoms. The Balaban J connectivity index is 1.32. The maximum atomic E-state index is 12.6. The molecule has 2 aromatic carbocycles. The third kappa shape index (κ3) is 7.62. The quantitative estimate of drug-likeness (QED) is 0.556. The summed E-state index contributed by atoms with van der Waals surface area (Å²) in [5, 5.41) is 2.74. The number of hydrogen-bond donors (Lipinski definition) is 1. The number of carbonyl (C=O) groups excluding carboxylic acids is 1. The molecular formula is C24H33N3O4S. The zero-order valence-electron chi connectivity index (χ0n) is 18.7. The van der Waals surface area contributed by atoms with E-state index in [-0.39, 0.29) is 18.2 Å². The lowest BCUT2D eigenvalue weighted by molar-refractivity contribution is -0.120. The van der Waals surface area contributed by atoms with Gasteiger partial charge in [0.1, 0.15) is 5.75 Å². The van der Waals surface area contributed by atoms with Crippen molar-refractivity contribution in [2.45, 2.75) is 19.3 Å². The highest BCUT2D eigenvalue weighted by molar-refractivity contribution is 7.89. The summed E-state index contributed by atoms with van der Waals surface area (Å²) in [5.41, 5.74) is 2.34. The van der Waals surface area contributed by atoms with Crippen LogP contribution in [0.15, 0.2) is 54.6 Å². The van der Waals surface area contributed by atoms with E-state index in [0.717, 1.165) is 37.4 Å². The molecule has 174 valence electrons. The van der Waals surface area contributed by atoms with Crippen LogP contribution in [0.4, 0.5) is 0 Å². The van der Waals surface area contributed by atoms with Crippen LogP contribution in [-0.4, -0.2) is 75.7 Å². The van der Waals surface area contributed by atoms with Gasteiger partial charge in [0, 0.05) is 45.7 Å². The molecule has 2 aromatic rings. The second-order valence-electron chi connectivity index (χ2n) is 7.99. The monoisotopic (exact) mass is 459 g/mol. The van der Waals surface area contributed by atoms with Gasteiger partial charge >= 0.3 is 0 Å². The molecule has 0 saturated carbocycles. The molecule has 0 unspecified atom stereocenters. The lowest BCUT2D eigenvalue weighted by Crippen LogP contribution is -2.50. The van der Waals surface area contributed by atoms with E-state index in [0.29, 0.717) is 25.9 Å². The fraction of sp³-hybridized carbons (Fsp3) is 0.458. The zero-order valence-corrected chi connectivity index (χ0v) is 19.5. The molecule has 0 aromatic heterocycles. The van der Waals surface area contributed by atoms with Crippen molar-refractivity contribution in [1.82, 2.24) is 14.5 Å². The van der Waals surface area contributed by atoms with Gasteiger partial charge in [-0.15, -0.1) is 0 Å². The van der Waals surface area contributed by atoms with E-state index >= 15 is 0 Å². The summed E-state index contributed by atoms with van der Waals surface area (Å²) in [6, 6.07) is 17.9. The Labute approximate surface area is 191 Å². The van der Waals surface area contributed by atoms with Crippen molar-refractivity contribution in [3.05, 3.63) is 65.7 Å².